The van der Waals surface area contributed by atoms with Gasteiger partial charge in [-0.25, -0.2) is 0 Å². The highest BCUT2D eigenvalue weighted by Crippen LogP contribution is 2.14. The number of benzene rings is 1. The zero-order valence-corrected chi connectivity index (χ0v) is 12.5. The van der Waals surface area contributed by atoms with Gasteiger partial charge in [-0.05, 0) is 31.8 Å². The molecule has 0 atom stereocenters. The molecule has 0 heterocycles. The SMILES string of the molecule is CN(C)Cc1cccc(OCCCN=C(N)C[N+](=O)[O-])c1. The molecular formula is C14H22N4O3. The highest BCUT2D eigenvalue weighted by atomic mass is 16.6. The predicted octanol–water partition coefficient (Wildman–Crippen LogP) is 1.15. The van der Waals surface area contributed by atoms with Crippen molar-refractivity contribution in [2.45, 2.75) is 13.0 Å². The lowest BCUT2D eigenvalue weighted by Crippen LogP contribution is -2.23. The molecule has 2 N–H and O–H groups in total. The summed E-state index contributed by atoms with van der Waals surface area (Å²) in [6.45, 7) is 1.38. The second-order valence-electron chi connectivity index (χ2n) is 4.95. The van der Waals surface area contributed by atoms with Crippen molar-refractivity contribution in [1.29, 1.82) is 0 Å². The van der Waals surface area contributed by atoms with E-state index in [1.165, 1.54) is 5.56 Å². The Hall–Kier alpha value is -2.15. The number of hydrogen-bond donors (Lipinski definition) is 1. The van der Waals surface area contributed by atoms with Gasteiger partial charge in [0.05, 0.1) is 6.61 Å². The second kappa shape index (κ2) is 8.91. The minimum absolute atomic E-state index is 0.0491. The van der Waals surface area contributed by atoms with Gasteiger partial charge in [-0.2, -0.15) is 0 Å². The molecule has 0 aliphatic heterocycles. The molecule has 7 nitrogen and oxygen atoms in total. The van der Waals surface area contributed by atoms with Gasteiger partial charge in [0, 0.05) is 24.4 Å². The first-order valence-corrected chi connectivity index (χ1v) is 6.74. The van der Waals surface area contributed by atoms with Gasteiger partial charge >= 0.3 is 0 Å². The third-order valence-electron chi connectivity index (χ3n) is 2.57. The summed E-state index contributed by atoms with van der Waals surface area (Å²) >= 11 is 0. The number of hydrogen-bond acceptors (Lipinski definition) is 5. The Morgan fingerprint density at radius 2 is 2.24 bits per heavy atom. The van der Waals surface area contributed by atoms with E-state index in [0.717, 1.165) is 12.3 Å². The average molecular weight is 294 g/mol. The van der Waals surface area contributed by atoms with E-state index in [0.29, 0.717) is 19.6 Å². The van der Waals surface area contributed by atoms with Crippen LogP contribution in [-0.2, 0) is 6.54 Å². The van der Waals surface area contributed by atoms with Crippen LogP contribution < -0.4 is 10.5 Å². The van der Waals surface area contributed by atoms with Gasteiger partial charge in [0.15, 0.2) is 5.84 Å². The average Bonchev–Trinajstić information content (AvgIpc) is 2.37. The maximum atomic E-state index is 10.2. The van der Waals surface area contributed by atoms with Gasteiger partial charge in [-0.1, -0.05) is 12.1 Å². The maximum absolute atomic E-state index is 10.2. The van der Waals surface area contributed by atoms with Crippen LogP contribution in [0.4, 0.5) is 0 Å². The number of nitro groups is 1. The van der Waals surface area contributed by atoms with Crippen molar-refractivity contribution < 1.29 is 9.66 Å². The highest BCUT2D eigenvalue weighted by molar-refractivity contribution is 5.81. The molecule has 1 aromatic carbocycles. The normalized spacial score (nSPS) is 11.7. The fourth-order valence-corrected chi connectivity index (χ4v) is 1.76. The standard InChI is InChI=1S/C14H22N4O3/c1-17(2)10-12-5-3-6-13(9-12)21-8-4-7-16-14(15)11-18(19)20/h3,5-6,9H,4,7-8,10-11H2,1-2H3,(H2,15,16). The van der Waals surface area contributed by atoms with Crippen molar-refractivity contribution in [1.82, 2.24) is 4.90 Å². The first-order valence-electron chi connectivity index (χ1n) is 6.74. The molecule has 0 aliphatic carbocycles. The topological polar surface area (TPSA) is 94.0 Å². The molecule has 0 aliphatic rings. The van der Waals surface area contributed by atoms with Crippen molar-refractivity contribution in [3.05, 3.63) is 39.9 Å². The Morgan fingerprint density at radius 3 is 2.90 bits per heavy atom. The fraction of sp³-hybridized carbons (Fsp3) is 0.500. The largest absolute Gasteiger partial charge is 0.494 e. The number of nitrogens with zero attached hydrogens (tertiary/aromatic N) is 3. The number of ether oxygens (including phenoxy) is 1. The summed E-state index contributed by atoms with van der Waals surface area (Å²) in [6.07, 6.45) is 0.663. The summed E-state index contributed by atoms with van der Waals surface area (Å²) in [5.41, 5.74) is 6.58. The van der Waals surface area contributed by atoms with E-state index >= 15 is 0 Å². The van der Waals surface area contributed by atoms with E-state index < -0.39 is 11.5 Å². The molecule has 21 heavy (non-hydrogen) atoms. The third kappa shape index (κ3) is 7.88. The molecule has 1 rings (SSSR count). The van der Waals surface area contributed by atoms with E-state index in [2.05, 4.69) is 16.0 Å². The van der Waals surface area contributed by atoms with E-state index in [-0.39, 0.29) is 5.84 Å². The minimum atomic E-state index is -0.494. The molecule has 116 valence electrons. The Kier molecular flexibility index (Phi) is 7.17. The van der Waals surface area contributed by atoms with Crippen LogP contribution >= 0.6 is 0 Å². The minimum Gasteiger partial charge on any atom is -0.494 e. The van der Waals surface area contributed by atoms with Crippen LogP contribution in [0.25, 0.3) is 0 Å². The quantitative estimate of drug-likeness (QED) is 0.242. The molecule has 0 unspecified atom stereocenters. The van der Waals surface area contributed by atoms with Crippen LogP contribution in [0.3, 0.4) is 0 Å². The molecule has 7 heteroatoms. The fourth-order valence-electron chi connectivity index (χ4n) is 1.76. The predicted molar refractivity (Wildman–Crippen MR) is 82.3 cm³/mol. The van der Waals surface area contributed by atoms with Crippen LogP contribution in [-0.4, -0.2) is 49.5 Å². The highest BCUT2D eigenvalue weighted by Gasteiger charge is 2.01. The summed E-state index contributed by atoms with van der Waals surface area (Å²) in [7, 11) is 4.03. The van der Waals surface area contributed by atoms with Crippen LogP contribution in [0.1, 0.15) is 12.0 Å². The molecule has 0 amide bonds. The van der Waals surface area contributed by atoms with Gasteiger partial charge in [0.1, 0.15) is 5.75 Å². The zero-order valence-electron chi connectivity index (χ0n) is 12.5. The van der Waals surface area contributed by atoms with Crippen molar-refractivity contribution >= 4 is 5.84 Å². The lowest BCUT2D eigenvalue weighted by Gasteiger charge is -2.11. The summed E-state index contributed by atoms with van der Waals surface area (Å²) in [5, 5.41) is 10.2. The van der Waals surface area contributed by atoms with Crippen molar-refractivity contribution in [2.24, 2.45) is 10.7 Å². The third-order valence-corrected chi connectivity index (χ3v) is 2.57. The molecule has 0 saturated heterocycles. The summed E-state index contributed by atoms with van der Waals surface area (Å²) in [6, 6.07) is 7.92. The van der Waals surface area contributed by atoms with Crippen LogP contribution in [0, 0.1) is 10.1 Å². The molecule has 0 bridgehead atoms. The number of aliphatic imine (C=N–C) groups is 1. The molecule has 0 radical (unpaired) electrons. The van der Waals surface area contributed by atoms with E-state index in [1.54, 1.807) is 0 Å². The van der Waals surface area contributed by atoms with Gasteiger partial charge in [-0.15, -0.1) is 0 Å². The Labute approximate surface area is 124 Å². The number of amidine groups is 1. The summed E-state index contributed by atoms with van der Waals surface area (Å²) in [5.74, 6) is 0.865. The smallest absolute Gasteiger partial charge is 0.259 e. The van der Waals surface area contributed by atoms with E-state index in [4.69, 9.17) is 10.5 Å². The van der Waals surface area contributed by atoms with E-state index in [9.17, 15) is 10.1 Å². The molecule has 0 saturated carbocycles. The molecule has 0 aromatic heterocycles. The van der Waals surface area contributed by atoms with Crippen LogP contribution in [0.5, 0.6) is 5.75 Å². The molecule has 1 aromatic rings. The maximum Gasteiger partial charge on any atom is 0.259 e. The first-order chi connectivity index (χ1) is 9.97. The molecule has 0 fully saturated rings. The summed E-state index contributed by atoms with van der Waals surface area (Å²) < 4.78 is 5.63. The second-order valence-corrected chi connectivity index (χ2v) is 4.95. The van der Waals surface area contributed by atoms with Crippen LogP contribution in [0.15, 0.2) is 29.3 Å². The van der Waals surface area contributed by atoms with Crippen molar-refractivity contribution in [3.63, 3.8) is 0 Å². The number of rotatable bonds is 9. The van der Waals surface area contributed by atoms with Gasteiger partial charge < -0.3 is 15.4 Å². The molecule has 0 spiro atoms. The lowest BCUT2D eigenvalue weighted by molar-refractivity contribution is -0.463. The summed E-state index contributed by atoms with van der Waals surface area (Å²) in [4.78, 5) is 15.7. The van der Waals surface area contributed by atoms with Crippen molar-refractivity contribution in [3.8, 4) is 5.75 Å². The Morgan fingerprint density at radius 1 is 1.48 bits per heavy atom. The monoisotopic (exact) mass is 294 g/mol. The Bertz CT molecular complexity index is 489. The van der Waals surface area contributed by atoms with Gasteiger partial charge in [0.25, 0.3) is 6.54 Å². The lowest BCUT2D eigenvalue weighted by atomic mass is 10.2. The van der Waals surface area contributed by atoms with Gasteiger partial charge in [0.2, 0.25) is 0 Å². The molecular weight excluding hydrogens is 272 g/mol. The van der Waals surface area contributed by atoms with E-state index in [1.807, 2.05) is 32.3 Å². The van der Waals surface area contributed by atoms with Crippen molar-refractivity contribution in [2.75, 3.05) is 33.8 Å². The van der Waals surface area contributed by atoms with Gasteiger partial charge in [-0.3, -0.25) is 15.1 Å². The van der Waals surface area contributed by atoms with Crippen LogP contribution in [0.2, 0.25) is 0 Å². The Balaban J connectivity index is 2.31. The number of nitrogens with two attached hydrogens (primary N) is 1. The first kappa shape index (κ1) is 16.9. The zero-order chi connectivity index (χ0) is 15.7.